The van der Waals surface area contributed by atoms with E-state index in [4.69, 9.17) is 17.0 Å². The number of aliphatic imine (C=N–C) groups is 1. The lowest BCUT2D eigenvalue weighted by molar-refractivity contribution is 0.415. The standard InChI is InChI=1S/C19H17N3O3S/c1-12-3-7-14(8-4-12)22-18(24)16(17(23)21-19(22)26)11-20-13-5-9-15(25-2)10-6-13/h3-11,24H,1-2H3,(H,21,23,26). The Hall–Kier alpha value is -3.19. The minimum absolute atomic E-state index is 0.0231. The van der Waals surface area contributed by atoms with Crippen LogP contribution < -0.4 is 10.3 Å². The van der Waals surface area contributed by atoms with Crippen LogP contribution in [0.2, 0.25) is 0 Å². The van der Waals surface area contributed by atoms with Crippen LogP contribution in [-0.2, 0) is 0 Å². The first kappa shape index (κ1) is 17.6. The fourth-order valence-corrected chi connectivity index (χ4v) is 2.68. The fraction of sp³-hybridized carbons (Fsp3) is 0.105. The van der Waals surface area contributed by atoms with Crippen molar-refractivity contribution in [3.05, 3.63) is 74.8 Å². The van der Waals surface area contributed by atoms with Crippen molar-refractivity contribution in [3.63, 3.8) is 0 Å². The Morgan fingerprint density at radius 2 is 1.81 bits per heavy atom. The molecule has 0 aliphatic heterocycles. The van der Waals surface area contributed by atoms with Crippen LogP contribution >= 0.6 is 12.2 Å². The van der Waals surface area contributed by atoms with Crippen molar-refractivity contribution in [2.75, 3.05) is 7.11 Å². The summed E-state index contributed by atoms with van der Waals surface area (Å²) in [4.78, 5) is 19.0. The summed E-state index contributed by atoms with van der Waals surface area (Å²) in [5.74, 6) is 0.442. The SMILES string of the molecule is COc1ccc(N=Cc2c(O)n(-c3ccc(C)cc3)c(=S)[nH]c2=O)cc1. The molecule has 0 bridgehead atoms. The molecule has 3 aromatic rings. The Labute approximate surface area is 155 Å². The van der Waals surface area contributed by atoms with Crippen LogP contribution in [-0.4, -0.2) is 28.0 Å². The number of nitrogens with one attached hydrogen (secondary N) is 1. The van der Waals surface area contributed by atoms with Gasteiger partial charge in [0.15, 0.2) is 4.77 Å². The topological polar surface area (TPSA) is 79.6 Å². The summed E-state index contributed by atoms with van der Waals surface area (Å²) in [6, 6.07) is 14.4. The Morgan fingerprint density at radius 3 is 2.42 bits per heavy atom. The number of aryl methyl sites for hydroxylation is 1. The van der Waals surface area contributed by atoms with E-state index in [-0.39, 0.29) is 16.2 Å². The second kappa shape index (κ2) is 7.37. The normalized spacial score (nSPS) is 11.0. The van der Waals surface area contributed by atoms with Gasteiger partial charge in [-0.2, -0.15) is 0 Å². The van der Waals surface area contributed by atoms with Crippen LogP contribution in [0, 0.1) is 11.7 Å². The van der Waals surface area contributed by atoms with Gasteiger partial charge in [0.1, 0.15) is 11.3 Å². The second-order valence-electron chi connectivity index (χ2n) is 5.62. The zero-order valence-corrected chi connectivity index (χ0v) is 15.1. The Bertz CT molecular complexity index is 1070. The number of aromatic nitrogens is 2. The molecule has 7 heteroatoms. The number of H-pyrrole nitrogens is 1. The number of methoxy groups -OCH3 is 1. The smallest absolute Gasteiger partial charge is 0.264 e. The number of benzene rings is 2. The minimum atomic E-state index is -0.506. The highest BCUT2D eigenvalue weighted by Crippen LogP contribution is 2.21. The van der Waals surface area contributed by atoms with E-state index in [1.165, 1.54) is 10.8 Å². The van der Waals surface area contributed by atoms with Crippen LogP contribution in [0.1, 0.15) is 11.1 Å². The summed E-state index contributed by atoms with van der Waals surface area (Å²) in [5, 5.41) is 10.6. The van der Waals surface area contributed by atoms with Crippen LogP contribution in [0.25, 0.3) is 5.69 Å². The lowest BCUT2D eigenvalue weighted by atomic mass is 10.2. The van der Waals surface area contributed by atoms with Crippen LogP contribution in [0.5, 0.6) is 11.6 Å². The Kier molecular flexibility index (Phi) is 4.99. The van der Waals surface area contributed by atoms with Crippen LogP contribution in [0.3, 0.4) is 0 Å². The molecule has 0 unspecified atom stereocenters. The average molecular weight is 367 g/mol. The molecule has 2 N–H and O–H groups in total. The van der Waals surface area contributed by atoms with Gasteiger partial charge in [0.05, 0.1) is 18.5 Å². The van der Waals surface area contributed by atoms with Gasteiger partial charge in [0.2, 0.25) is 5.88 Å². The quantitative estimate of drug-likeness (QED) is 0.545. The number of ether oxygens (including phenoxy) is 1. The number of rotatable bonds is 4. The van der Waals surface area contributed by atoms with Crippen molar-refractivity contribution >= 4 is 24.1 Å². The van der Waals surface area contributed by atoms with Gasteiger partial charge in [-0.25, -0.2) is 0 Å². The average Bonchev–Trinajstić information content (AvgIpc) is 2.63. The summed E-state index contributed by atoms with van der Waals surface area (Å²) < 4.78 is 6.60. The maximum atomic E-state index is 12.2. The molecular formula is C19H17N3O3S. The van der Waals surface area contributed by atoms with E-state index in [0.29, 0.717) is 17.1 Å². The summed E-state index contributed by atoms with van der Waals surface area (Å²) in [7, 11) is 1.58. The van der Waals surface area contributed by atoms with Crippen LogP contribution in [0.4, 0.5) is 5.69 Å². The number of hydrogen-bond donors (Lipinski definition) is 2. The second-order valence-corrected chi connectivity index (χ2v) is 6.01. The van der Waals surface area contributed by atoms with Gasteiger partial charge in [-0.05, 0) is 55.5 Å². The van der Waals surface area contributed by atoms with Crippen molar-refractivity contribution < 1.29 is 9.84 Å². The molecule has 0 saturated heterocycles. The van der Waals surface area contributed by atoms with E-state index in [2.05, 4.69) is 9.98 Å². The number of nitrogens with zero attached hydrogens (tertiary/aromatic N) is 2. The molecule has 26 heavy (non-hydrogen) atoms. The Morgan fingerprint density at radius 1 is 1.15 bits per heavy atom. The highest BCUT2D eigenvalue weighted by Gasteiger charge is 2.12. The van der Waals surface area contributed by atoms with Gasteiger partial charge in [0.25, 0.3) is 5.56 Å². The first-order valence-corrected chi connectivity index (χ1v) is 8.24. The third-order valence-electron chi connectivity index (χ3n) is 3.83. The molecule has 0 amide bonds. The summed E-state index contributed by atoms with van der Waals surface area (Å²) in [6.45, 7) is 1.96. The predicted octanol–water partition coefficient (Wildman–Crippen LogP) is 3.67. The molecule has 1 aromatic heterocycles. The molecule has 6 nitrogen and oxygen atoms in total. The third-order valence-corrected chi connectivity index (χ3v) is 4.11. The zero-order valence-electron chi connectivity index (χ0n) is 14.3. The van der Waals surface area contributed by atoms with Gasteiger partial charge < -0.3 is 9.84 Å². The molecule has 132 valence electrons. The lowest BCUT2D eigenvalue weighted by Crippen LogP contribution is -2.18. The van der Waals surface area contributed by atoms with E-state index in [9.17, 15) is 9.90 Å². The van der Waals surface area contributed by atoms with E-state index in [1.807, 2.05) is 31.2 Å². The largest absolute Gasteiger partial charge is 0.497 e. The first-order valence-electron chi connectivity index (χ1n) is 7.83. The molecule has 0 aliphatic carbocycles. The van der Waals surface area contributed by atoms with Crippen molar-refractivity contribution in [2.45, 2.75) is 6.92 Å². The molecule has 0 atom stereocenters. The van der Waals surface area contributed by atoms with Gasteiger partial charge in [-0.1, -0.05) is 17.7 Å². The maximum absolute atomic E-state index is 12.2. The summed E-state index contributed by atoms with van der Waals surface area (Å²) >= 11 is 5.20. The van der Waals surface area contributed by atoms with E-state index in [1.54, 1.807) is 31.4 Å². The van der Waals surface area contributed by atoms with E-state index in [0.717, 1.165) is 5.56 Å². The van der Waals surface area contributed by atoms with Gasteiger partial charge in [0, 0.05) is 6.21 Å². The predicted molar refractivity (Wildman–Crippen MR) is 104 cm³/mol. The summed E-state index contributed by atoms with van der Waals surface area (Å²) in [5.41, 5.74) is 1.86. The summed E-state index contributed by atoms with van der Waals surface area (Å²) in [6.07, 6.45) is 1.31. The molecule has 0 saturated carbocycles. The molecule has 0 radical (unpaired) electrons. The monoisotopic (exact) mass is 367 g/mol. The van der Waals surface area contributed by atoms with Gasteiger partial charge in [-0.3, -0.25) is 19.3 Å². The zero-order chi connectivity index (χ0) is 18.7. The number of hydrogen-bond acceptors (Lipinski definition) is 5. The maximum Gasteiger partial charge on any atom is 0.264 e. The Balaban J connectivity index is 2.05. The molecule has 2 aromatic carbocycles. The van der Waals surface area contributed by atoms with Crippen molar-refractivity contribution in [3.8, 4) is 17.3 Å². The molecule has 1 heterocycles. The number of aromatic amines is 1. The molecular weight excluding hydrogens is 350 g/mol. The van der Waals surface area contributed by atoms with Crippen molar-refractivity contribution in [1.29, 1.82) is 0 Å². The van der Waals surface area contributed by atoms with Crippen LogP contribution in [0.15, 0.2) is 58.3 Å². The fourth-order valence-electron chi connectivity index (χ4n) is 2.40. The molecule has 0 aliphatic rings. The first-order chi connectivity index (χ1) is 12.5. The van der Waals surface area contributed by atoms with Crippen molar-refractivity contribution in [2.24, 2.45) is 4.99 Å². The molecule has 0 spiro atoms. The van der Waals surface area contributed by atoms with Crippen molar-refractivity contribution in [1.82, 2.24) is 9.55 Å². The highest BCUT2D eigenvalue weighted by molar-refractivity contribution is 7.71. The highest BCUT2D eigenvalue weighted by atomic mass is 32.1. The molecule has 3 rings (SSSR count). The number of aromatic hydroxyl groups is 1. The van der Waals surface area contributed by atoms with Gasteiger partial charge in [-0.15, -0.1) is 0 Å². The van der Waals surface area contributed by atoms with E-state index < -0.39 is 5.56 Å². The third kappa shape index (κ3) is 3.57. The minimum Gasteiger partial charge on any atom is -0.497 e. The molecule has 0 fully saturated rings. The van der Waals surface area contributed by atoms with Gasteiger partial charge >= 0.3 is 0 Å². The lowest BCUT2D eigenvalue weighted by Gasteiger charge is -2.11. The van der Waals surface area contributed by atoms with E-state index >= 15 is 0 Å².